The first-order chi connectivity index (χ1) is 14.5. The van der Waals surface area contributed by atoms with Gasteiger partial charge in [-0.1, -0.05) is 18.2 Å². The number of furan rings is 1. The predicted molar refractivity (Wildman–Crippen MR) is 108 cm³/mol. The number of hydrogen-bond donors (Lipinski definition) is 1. The summed E-state index contributed by atoms with van der Waals surface area (Å²) in [6, 6.07) is 17.4. The minimum absolute atomic E-state index is 0.0574. The summed E-state index contributed by atoms with van der Waals surface area (Å²) in [6.07, 6.45) is 3.16. The molecule has 2 heterocycles. The lowest BCUT2D eigenvalue weighted by atomic mass is 10.2. The smallest absolute Gasteiger partial charge is 0.287 e. The van der Waals surface area contributed by atoms with Gasteiger partial charge in [-0.2, -0.15) is 5.26 Å². The molecule has 1 N–H and O–H groups in total. The molecule has 0 saturated carbocycles. The standard InChI is InChI=1S/C22H15N3O4S/c23-12-16-2-1-3-19(10-16)30(27,28)18-6-4-15(5-7-18)13-25-22(26)20-11-17-8-9-24-14-21(17)29-20/h1-11,14H,13H2,(H,25,26). The molecule has 30 heavy (non-hydrogen) atoms. The van der Waals surface area contributed by atoms with Crippen molar-refractivity contribution < 1.29 is 17.6 Å². The van der Waals surface area contributed by atoms with Crippen LogP contribution in [0.25, 0.3) is 11.0 Å². The molecule has 0 atom stereocenters. The van der Waals surface area contributed by atoms with Crippen molar-refractivity contribution in [3.8, 4) is 6.07 Å². The first-order valence-corrected chi connectivity index (χ1v) is 10.4. The second-order valence-corrected chi connectivity index (χ2v) is 8.44. The summed E-state index contributed by atoms with van der Waals surface area (Å²) < 4.78 is 31.0. The van der Waals surface area contributed by atoms with Crippen molar-refractivity contribution in [2.75, 3.05) is 0 Å². The van der Waals surface area contributed by atoms with Crippen molar-refractivity contribution in [2.45, 2.75) is 16.3 Å². The molecule has 1 amide bonds. The Morgan fingerprint density at radius 2 is 1.87 bits per heavy atom. The van der Waals surface area contributed by atoms with Crippen LogP contribution in [-0.4, -0.2) is 19.3 Å². The van der Waals surface area contributed by atoms with Crippen LogP contribution < -0.4 is 5.32 Å². The molecule has 2 aromatic carbocycles. The average Bonchev–Trinajstić information content (AvgIpc) is 3.22. The van der Waals surface area contributed by atoms with E-state index in [-0.39, 0.29) is 33.6 Å². The van der Waals surface area contributed by atoms with Crippen molar-refractivity contribution in [3.05, 3.63) is 89.9 Å². The number of nitriles is 1. The van der Waals surface area contributed by atoms with Crippen molar-refractivity contribution in [1.82, 2.24) is 10.3 Å². The normalized spacial score (nSPS) is 11.2. The van der Waals surface area contributed by atoms with Crippen LogP contribution in [0.4, 0.5) is 0 Å². The number of rotatable bonds is 5. The number of fused-ring (bicyclic) bond motifs is 1. The van der Waals surface area contributed by atoms with Gasteiger partial charge in [-0.15, -0.1) is 0 Å². The van der Waals surface area contributed by atoms with Gasteiger partial charge >= 0.3 is 0 Å². The summed E-state index contributed by atoms with van der Waals surface area (Å²) in [5.41, 5.74) is 1.53. The van der Waals surface area contributed by atoms with Crippen LogP contribution in [0.5, 0.6) is 0 Å². The molecule has 0 spiro atoms. The van der Waals surface area contributed by atoms with Crippen LogP contribution in [0.15, 0.2) is 87.3 Å². The van der Waals surface area contributed by atoms with Crippen LogP contribution >= 0.6 is 0 Å². The van der Waals surface area contributed by atoms with E-state index in [1.165, 1.54) is 36.5 Å². The Morgan fingerprint density at radius 3 is 2.60 bits per heavy atom. The number of nitrogens with one attached hydrogen (secondary N) is 1. The second kappa shape index (κ2) is 7.81. The van der Waals surface area contributed by atoms with E-state index in [1.54, 1.807) is 36.5 Å². The van der Waals surface area contributed by atoms with Crippen LogP contribution in [0.1, 0.15) is 21.7 Å². The van der Waals surface area contributed by atoms with E-state index < -0.39 is 9.84 Å². The summed E-state index contributed by atoms with van der Waals surface area (Å²) in [4.78, 5) is 16.4. The van der Waals surface area contributed by atoms with E-state index in [9.17, 15) is 13.2 Å². The van der Waals surface area contributed by atoms with Gasteiger partial charge < -0.3 is 9.73 Å². The minimum atomic E-state index is -3.74. The Bertz CT molecular complexity index is 1350. The fourth-order valence-corrected chi connectivity index (χ4v) is 4.23. The van der Waals surface area contributed by atoms with E-state index >= 15 is 0 Å². The maximum Gasteiger partial charge on any atom is 0.287 e. The van der Waals surface area contributed by atoms with Gasteiger partial charge in [-0.3, -0.25) is 9.78 Å². The van der Waals surface area contributed by atoms with Gasteiger partial charge in [0, 0.05) is 18.1 Å². The van der Waals surface area contributed by atoms with Crippen LogP contribution in [0.2, 0.25) is 0 Å². The van der Waals surface area contributed by atoms with Crippen LogP contribution in [0.3, 0.4) is 0 Å². The Balaban J connectivity index is 1.47. The molecular formula is C22H15N3O4S. The summed E-state index contributed by atoms with van der Waals surface area (Å²) in [6.45, 7) is 0.207. The molecule has 0 radical (unpaired) electrons. The zero-order valence-corrected chi connectivity index (χ0v) is 16.4. The van der Waals surface area contributed by atoms with Crippen molar-refractivity contribution in [2.24, 2.45) is 0 Å². The minimum Gasteiger partial charge on any atom is -0.449 e. The number of hydrogen-bond acceptors (Lipinski definition) is 6. The fourth-order valence-electron chi connectivity index (χ4n) is 2.92. The molecule has 148 valence electrons. The number of nitrogens with zero attached hydrogens (tertiary/aromatic N) is 2. The molecule has 4 aromatic rings. The van der Waals surface area contributed by atoms with E-state index in [2.05, 4.69) is 10.3 Å². The third kappa shape index (κ3) is 3.79. The molecule has 0 bridgehead atoms. The number of amides is 1. The predicted octanol–water partition coefficient (Wildman–Crippen LogP) is 3.46. The van der Waals surface area contributed by atoms with Gasteiger partial charge in [0.2, 0.25) is 9.84 Å². The molecule has 0 aliphatic heterocycles. The lowest BCUT2D eigenvalue weighted by Gasteiger charge is -2.07. The van der Waals surface area contributed by atoms with Crippen molar-refractivity contribution >= 4 is 26.7 Å². The number of sulfone groups is 1. The highest BCUT2D eigenvalue weighted by molar-refractivity contribution is 7.91. The van der Waals surface area contributed by atoms with E-state index in [0.717, 1.165) is 10.9 Å². The number of benzene rings is 2. The first kappa shape index (κ1) is 19.4. The highest BCUT2D eigenvalue weighted by atomic mass is 32.2. The third-order valence-corrected chi connectivity index (χ3v) is 6.27. The monoisotopic (exact) mass is 417 g/mol. The molecule has 0 unspecified atom stereocenters. The zero-order chi connectivity index (χ0) is 21.1. The molecule has 8 heteroatoms. The van der Waals surface area contributed by atoms with E-state index in [0.29, 0.717) is 5.58 Å². The summed E-state index contributed by atoms with van der Waals surface area (Å²) in [5, 5.41) is 12.5. The summed E-state index contributed by atoms with van der Waals surface area (Å²) in [5.74, 6) is -0.203. The molecule has 7 nitrogen and oxygen atoms in total. The lowest BCUT2D eigenvalue weighted by Crippen LogP contribution is -2.22. The average molecular weight is 417 g/mol. The van der Waals surface area contributed by atoms with E-state index in [4.69, 9.17) is 9.68 Å². The van der Waals surface area contributed by atoms with Crippen molar-refractivity contribution in [3.63, 3.8) is 0 Å². The highest BCUT2D eigenvalue weighted by Gasteiger charge is 2.18. The Labute approximate surface area is 172 Å². The van der Waals surface area contributed by atoms with Gasteiger partial charge in [0.25, 0.3) is 5.91 Å². The number of carbonyl (C=O) groups excluding carboxylic acids is 1. The van der Waals surface area contributed by atoms with Crippen LogP contribution in [-0.2, 0) is 16.4 Å². The van der Waals surface area contributed by atoms with Crippen molar-refractivity contribution in [1.29, 1.82) is 5.26 Å². The molecule has 0 saturated heterocycles. The zero-order valence-electron chi connectivity index (χ0n) is 15.6. The molecule has 0 fully saturated rings. The summed E-state index contributed by atoms with van der Waals surface area (Å²) in [7, 11) is -3.74. The van der Waals surface area contributed by atoms with Gasteiger partial charge in [0.1, 0.15) is 0 Å². The maximum atomic E-state index is 12.8. The van der Waals surface area contributed by atoms with Gasteiger partial charge in [0.15, 0.2) is 11.3 Å². The fraction of sp³-hybridized carbons (Fsp3) is 0.0455. The van der Waals surface area contributed by atoms with Gasteiger partial charge in [-0.05, 0) is 48.0 Å². The van der Waals surface area contributed by atoms with Gasteiger partial charge in [0.05, 0.1) is 27.6 Å². The number of carbonyl (C=O) groups is 1. The Kier molecular flexibility index (Phi) is 5.04. The molecular weight excluding hydrogens is 402 g/mol. The highest BCUT2D eigenvalue weighted by Crippen LogP contribution is 2.22. The Hall–Kier alpha value is -3.96. The Morgan fingerprint density at radius 1 is 1.07 bits per heavy atom. The molecule has 0 aliphatic carbocycles. The summed E-state index contributed by atoms with van der Waals surface area (Å²) >= 11 is 0. The maximum absolute atomic E-state index is 12.8. The quantitative estimate of drug-likeness (QED) is 0.532. The van der Waals surface area contributed by atoms with E-state index in [1.807, 2.05) is 6.07 Å². The van der Waals surface area contributed by atoms with Gasteiger partial charge in [-0.25, -0.2) is 8.42 Å². The molecule has 4 rings (SSSR count). The van der Waals surface area contributed by atoms with Crippen LogP contribution in [0, 0.1) is 11.3 Å². The second-order valence-electron chi connectivity index (χ2n) is 6.49. The lowest BCUT2D eigenvalue weighted by molar-refractivity contribution is 0.0925. The molecule has 0 aliphatic rings. The SMILES string of the molecule is N#Cc1cccc(S(=O)(=O)c2ccc(CNC(=O)c3cc4ccncc4o3)cc2)c1. The third-order valence-electron chi connectivity index (χ3n) is 4.51. The molecule has 2 aromatic heterocycles. The topological polar surface area (TPSA) is 113 Å². The first-order valence-electron chi connectivity index (χ1n) is 8.93. The number of aromatic nitrogens is 1. The number of pyridine rings is 1. The largest absolute Gasteiger partial charge is 0.449 e.